The Balaban J connectivity index is 1.53. The van der Waals surface area contributed by atoms with E-state index in [9.17, 15) is 14.7 Å². The van der Waals surface area contributed by atoms with Crippen LogP contribution < -0.4 is 0 Å². The van der Waals surface area contributed by atoms with Crippen LogP contribution in [0.25, 0.3) is 0 Å². The molecule has 1 amide bonds. The molecule has 5 nitrogen and oxygen atoms in total. The summed E-state index contributed by atoms with van der Waals surface area (Å²) in [6.07, 6.45) is 5.59. The van der Waals surface area contributed by atoms with Crippen LogP contribution in [0.3, 0.4) is 0 Å². The minimum Gasteiger partial charge on any atom is -0.481 e. The average Bonchev–Trinajstić information content (AvgIpc) is 3.26. The average molecular weight is 345 g/mol. The van der Waals surface area contributed by atoms with Gasteiger partial charge in [0.2, 0.25) is 5.91 Å². The lowest BCUT2D eigenvalue weighted by molar-refractivity contribution is -0.154. The van der Waals surface area contributed by atoms with E-state index in [4.69, 9.17) is 4.74 Å². The van der Waals surface area contributed by atoms with Crippen LogP contribution in [0, 0.1) is 5.41 Å². The predicted octanol–water partition coefficient (Wildman–Crippen LogP) is 2.88. The lowest BCUT2D eigenvalue weighted by Crippen LogP contribution is -2.42. The van der Waals surface area contributed by atoms with Crippen LogP contribution in [-0.4, -0.2) is 47.7 Å². The number of aryl methyl sites for hydroxylation is 1. The Bertz CT molecular complexity index is 595. The number of carbonyl (C=O) groups is 2. The van der Waals surface area contributed by atoms with Crippen molar-refractivity contribution in [2.24, 2.45) is 5.41 Å². The van der Waals surface area contributed by atoms with E-state index < -0.39 is 11.4 Å². The van der Waals surface area contributed by atoms with Gasteiger partial charge in [0.1, 0.15) is 5.41 Å². The third-order valence-corrected chi connectivity index (χ3v) is 5.59. The Hall–Kier alpha value is -1.88. The molecule has 2 heterocycles. The summed E-state index contributed by atoms with van der Waals surface area (Å²) >= 11 is 0. The minimum absolute atomic E-state index is 0.0184. The number of benzene rings is 1. The Kier molecular flexibility index (Phi) is 5.74. The summed E-state index contributed by atoms with van der Waals surface area (Å²) in [4.78, 5) is 26.3. The number of ether oxygens (including phenoxy) is 1. The van der Waals surface area contributed by atoms with Crippen LogP contribution in [0.1, 0.15) is 44.1 Å². The van der Waals surface area contributed by atoms with Crippen molar-refractivity contribution in [2.75, 3.05) is 19.8 Å². The SMILES string of the molecule is O=C(CC1(C(=O)O)CCOC1)N1CCCC1CCCc1ccccc1. The van der Waals surface area contributed by atoms with Crippen molar-refractivity contribution in [1.82, 2.24) is 4.90 Å². The first kappa shape index (κ1) is 17.9. The molecule has 0 spiro atoms. The molecule has 2 saturated heterocycles. The number of hydrogen-bond donors (Lipinski definition) is 1. The van der Waals surface area contributed by atoms with Gasteiger partial charge in [-0.25, -0.2) is 0 Å². The summed E-state index contributed by atoms with van der Waals surface area (Å²) < 4.78 is 5.27. The molecular weight excluding hydrogens is 318 g/mol. The minimum atomic E-state index is -1.02. The predicted molar refractivity (Wildman–Crippen MR) is 94.2 cm³/mol. The maximum absolute atomic E-state index is 12.8. The van der Waals surface area contributed by atoms with E-state index in [2.05, 4.69) is 24.3 Å². The van der Waals surface area contributed by atoms with Crippen LogP contribution >= 0.6 is 0 Å². The molecule has 2 aliphatic heterocycles. The van der Waals surface area contributed by atoms with E-state index in [1.807, 2.05) is 11.0 Å². The van der Waals surface area contributed by atoms with Crippen LogP contribution in [-0.2, 0) is 20.7 Å². The van der Waals surface area contributed by atoms with Crippen molar-refractivity contribution in [2.45, 2.75) is 51.0 Å². The summed E-state index contributed by atoms with van der Waals surface area (Å²) in [6.45, 7) is 1.34. The van der Waals surface area contributed by atoms with Crippen molar-refractivity contribution >= 4 is 11.9 Å². The van der Waals surface area contributed by atoms with Crippen LogP contribution in [0.5, 0.6) is 0 Å². The smallest absolute Gasteiger partial charge is 0.312 e. The summed E-state index contributed by atoms with van der Waals surface area (Å²) in [5, 5.41) is 9.54. The Labute approximate surface area is 149 Å². The highest BCUT2D eigenvalue weighted by Gasteiger charge is 2.46. The van der Waals surface area contributed by atoms with Crippen molar-refractivity contribution < 1.29 is 19.4 Å². The second-order valence-electron chi connectivity index (χ2n) is 7.33. The number of rotatable bonds is 7. The first-order chi connectivity index (χ1) is 12.1. The van der Waals surface area contributed by atoms with Crippen molar-refractivity contribution in [3.63, 3.8) is 0 Å². The van der Waals surface area contributed by atoms with Crippen LogP contribution in [0.2, 0.25) is 0 Å². The van der Waals surface area contributed by atoms with Gasteiger partial charge in [-0.1, -0.05) is 30.3 Å². The highest BCUT2D eigenvalue weighted by Crippen LogP contribution is 2.35. The summed E-state index contributed by atoms with van der Waals surface area (Å²) in [7, 11) is 0. The zero-order valence-corrected chi connectivity index (χ0v) is 14.7. The molecule has 0 aromatic heterocycles. The molecule has 2 fully saturated rings. The fourth-order valence-electron chi connectivity index (χ4n) is 4.03. The van der Waals surface area contributed by atoms with E-state index in [1.165, 1.54) is 5.56 Å². The third-order valence-electron chi connectivity index (χ3n) is 5.59. The standard InChI is InChI=1S/C20H27NO4/c22-18(14-20(19(23)24)11-13-25-15-20)21-12-5-10-17(21)9-4-8-16-6-2-1-3-7-16/h1-3,6-7,17H,4-5,8-15H2,(H,23,24). The number of carboxylic acids is 1. The van der Waals surface area contributed by atoms with Crippen molar-refractivity contribution in [3.8, 4) is 0 Å². The van der Waals surface area contributed by atoms with E-state index in [0.29, 0.717) is 13.0 Å². The zero-order chi connectivity index (χ0) is 17.7. The van der Waals surface area contributed by atoms with Crippen molar-refractivity contribution in [1.29, 1.82) is 0 Å². The second kappa shape index (κ2) is 8.00. The maximum Gasteiger partial charge on any atom is 0.312 e. The molecule has 3 rings (SSSR count). The van der Waals surface area contributed by atoms with Gasteiger partial charge in [0, 0.05) is 25.6 Å². The van der Waals surface area contributed by atoms with Gasteiger partial charge in [0.25, 0.3) is 0 Å². The molecule has 5 heteroatoms. The van der Waals surface area contributed by atoms with Crippen molar-refractivity contribution in [3.05, 3.63) is 35.9 Å². The molecule has 2 atom stereocenters. The van der Waals surface area contributed by atoms with Gasteiger partial charge >= 0.3 is 5.97 Å². The maximum atomic E-state index is 12.8. The topological polar surface area (TPSA) is 66.8 Å². The lowest BCUT2D eigenvalue weighted by Gasteiger charge is -2.29. The normalized spacial score (nSPS) is 26.1. The highest BCUT2D eigenvalue weighted by atomic mass is 16.5. The van der Waals surface area contributed by atoms with Gasteiger partial charge in [-0.2, -0.15) is 0 Å². The quantitative estimate of drug-likeness (QED) is 0.825. The van der Waals surface area contributed by atoms with Gasteiger partial charge in [-0.3, -0.25) is 9.59 Å². The first-order valence-electron chi connectivity index (χ1n) is 9.25. The summed E-state index contributed by atoms with van der Waals surface area (Å²) in [5.74, 6) is -0.923. The first-order valence-corrected chi connectivity index (χ1v) is 9.25. The molecular formula is C20H27NO4. The van der Waals surface area contributed by atoms with Gasteiger partial charge < -0.3 is 14.7 Å². The largest absolute Gasteiger partial charge is 0.481 e. The fraction of sp³-hybridized carbons (Fsp3) is 0.600. The summed E-state index contributed by atoms with van der Waals surface area (Å²) in [5.41, 5.74) is 0.306. The zero-order valence-electron chi connectivity index (χ0n) is 14.7. The molecule has 2 unspecified atom stereocenters. The molecule has 0 aliphatic carbocycles. The Morgan fingerprint density at radius 1 is 1.28 bits per heavy atom. The molecule has 1 N–H and O–H groups in total. The van der Waals surface area contributed by atoms with Gasteiger partial charge in [0.05, 0.1) is 6.61 Å². The number of carboxylic acid groups (broad SMARTS) is 1. The fourth-order valence-corrected chi connectivity index (χ4v) is 4.03. The molecule has 1 aromatic carbocycles. The molecule has 0 bridgehead atoms. The molecule has 0 radical (unpaired) electrons. The number of aliphatic carboxylic acids is 1. The van der Waals surface area contributed by atoms with E-state index in [0.717, 1.165) is 38.6 Å². The molecule has 136 valence electrons. The van der Waals surface area contributed by atoms with E-state index in [-0.39, 0.29) is 25.0 Å². The number of hydrogen-bond acceptors (Lipinski definition) is 3. The monoisotopic (exact) mass is 345 g/mol. The molecule has 1 aromatic rings. The summed E-state index contributed by atoms with van der Waals surface area (Å²) in [6, 6.07) is 10.6. The number of likely N-dealkylation sites (tertiary alicyclic amines) is 1. The number of nitrogens with zero attached hydrogens (tertiary/aromatic N) is 1. The van der Waals surface area contributed by atoms with Gasteiger partial charge in [-0.05, 0) is 44.1 Å². The lowest BCUT2D eigenvalue weighted by atomic mass is 9.83. The van der Waals surface area contributed by atoms with E-state index >= 15 is 0 Å². The number of amides is 1. The van der Waals surface area contributed by atoms with E-state index in [1.54, 1.807) is 0 Å². The Morgan fingerprint density at radius 2 is 2.08 bits per heavy atom. The Morgan fingerprint density at radius 3 is 2.76 bits per heavy atom. The van der Waals surface area contributed by atoms with Gasteiger partial charge in [0.15, 0.2) is 0 Å². The van der Waals surface area contributed by atoms with Gasteiger partial charge in [-0.15, -0.1) is 0 Å². The second-order valence-corrected chi connectivity index (χ2v) is 7.33. The third kappa shape index (κ3) is 4.21. The molecule has 2 aliphatic rings. The molecule has 25 heavy (non-hydrogen) atoms. The van der Waals surface area contributed by atoms with Crippen LogP contribution in [0.15, 0.2) is 30.3 Å². The highest BCUT2D eigenvalue weighted by molar-refractivity contribution is 5.85. The number of carbonyl (C=O) groups excluding carboxylic acids is 1. The molecule has 0 saturated carbocycles. The van der Waals surface area contributed by atoms with Crippen LogP contribution in [0.4, 0.5) is 0 Å².